The van der Waals surface area contributed by atoms with Crippen LogP contribution in [-0.4, -0.2) is 43.5 Å². The molecule has 0 radical (unpaired) electrons. The predicted molar refractivity (Wildman–Crippen MR) is 142 cm³/mol. The lowest BCUT2D eigenvalue weighted by Crippen LogP contribution is -2.46. The first kappa shape index (κ1) is 25.4. The molecule has 2 N–H and O–H groups in total. The third-order valence-electron chi connectivity index (χ3n) is 7.16. The topological polar surface area (TPSA) is 97.3 Å². The van der Waals surface area contributed by atoms with E-state index in [1.807, 2.05) is 11.0 Å². The molecule has 202 valence electrons. The van der Waals surface area contributed by atoms with Crippen molar-refractivity contribution in [3.8, 4) is 16.9 Å². The summed E-state index contributed by atoms with van der Waals surface area (Å²) in [5, 5.41) is -0.466. The van der Waals surface area contributed by atoms with Crippen molar-refractivity contribution < 1.29 is 25.8 Å². The first-order chi connectivity index (χ1) is 18.6. The van der Waals surface area contributed by atoms with E-state index in [0.29, 0.717) is 54.0 Å². The SMILES string of the molecule is NC1=NC(c2ccc(OS(=O)(=O)C3CC3)cc2)(c2cccc(-c3cccc(C(F)(F)F)c3)c2)C2=NCCCN12. The normalized spacial score (nSPS) is 21.3. The summed E-state index contributed by atoms with van der Waals surface area (Å²) < 4.78 is 70.2. The van der Waals surface area contributed by atoms with Crippen LogP contribution >= 0.6 is 0 Å². The Bertz CT molecular complexity index is 1600. The van der Waals surface area contributed by atoms with Gasteiger partial charge >= 0.3 is 16.3 Å². The van der Waals surface area contributed by atoms with Gasteiger partial charge in [0.05, 0.1) is 10.8 Å². The Morgan fingerprint density at radius 1 is 0.949 bits per heavy atom. The van der Waals surface area contributed by atoms with Gasteiger partial charge in [-0.2, -0.15) is 21.6 Å². The molecule has 0 bridgehead atoms. The van der Waals surface area contributed by atoms with E-state index in [1.54, 1.807) is 48.5 Å². The summed E-state index contributed by atoms with van der Waals surface area (Å²) in [5.74, 6) is 1.09. The molecular weight excluding hydrogens is 529 g/mol. The second-order valence-electron chi connectivity index (χ2n) is 9.85. The van der Waals surface area contributed by atoms with E-state index < -0.39 is 32.6 Å². The second-order valence-corrected chi connectivity index (χ2v) is 11.7. The Labute approximate surface area is 224 Å². The van der Waals surface area contributed by atoms with Gasteiger partial charge in [-0.1, -0.05) is 42.5 Å². The highest BCUT2D eigenvalue weighted by Gasteiger charge is 2.49. The fourth-order valence-corrected chi connectivity index (χ4v) is 6.31. The number of nitrogens with zero attached hydrogens (tertiary/aromatic N) is 3. The number of nitrogens with two attached hydrogens (primary N) is 1. The molecule has 1 saturated carbocycles. The zero-order chi connectivity index (χ0) is 27.4. The van der Waals surface area contributed by atoms with Crippen LogP contribution in [0.1, 0.15) is 36.0 Å². The minimum Gasteiger partial charge on any atom is -0.382 e. The average Bonchev–Trinajstić information content (AvgIpc) is 3.75. The van der Waals surface area contributed by atoms with Crippen LogP contribution in [-0.2, 0) is 21.8 Å². The van der Waals surface area contributed by atoms with Crippen LogP contribution in [0, 0.1) is 0 Å². The summed E-state index contributed by atoms with van der Waals surface area (Å²) in [7, 11) is -3.68. The fraction of sp³-hybridized carbons (Fsp3) is 0.286. The average molecular weight is 555 g/mol. The van der Waals surface area contributed by atoms with Crippen LogP contribution < -0.4 is 9.92 Å². The minimum absolute atomic E-state index is 0.191. The van der Waals surface area contributed by atoms with Crippen molar-refractivity contribution in [2.45, 2.75) is 36.2 Å². The number of hydrogen-bond acceptors (Lipinski definition) is 7. The molecule has 3 aliphatic rings. The van der Waals surface area contributed by atoms with E-state index in [0.717, 1.165) is 18.6 Å². The molecular formula is C28H25F3N4O3S. The zero-order valence-corrected chi connectivity index (χ0v) is 21.5. The Morgan fingerprint density at radius 2 is 1.64 bits per heavy atom. The number of halogens is 3. The van der Waals surface area contributed by atoms with Crippen LogP contribution in [0.15, 0.2) is 82.8 Å². The third-order valence-corrected chi connectivity index (χ3v) is 8.87. The van der Waals surface area contributed by atoms with Gasteiger partial charge in [-0.25, -0.2) is 4.99 Å². The summed E-state index contributed by atoms with van der Waals surface area (Å²) in [4.78, 5) is 11.5. The van der Waals surface area contributed by atoms with Crippen LogP contribution in [0.4, 0.5) is 13.2 Å². The Hall–Kier alpha value is -3.86. The Balaban J connectivity index is 1.46. The van der Waals surface area contributed by atoms with E-state index >= 15 is 0 Å². The van der Waals surface area contributed by atoms with Crippen LogP contribution in [0.5, 0.6) is 5.75 Å². The molecule has 1 atom stereocenters. The van der Waals surface area contributed by atoms with Crippen LogP contribution in [0.25, 0.3) is 11.1 Å². The lowest BCUT2D eigenvalue weighted by atomic mass is 9.81. The highest BCUT2D eigenvalue weighted by Crippen LogP contribution is 2.43. The molecule has 2 heterocycles. The molecule has 0 aromatic heterocycles. The van der Waals surface area contributed by atoms with E-state index in [1.165, 1.54) is 6.07 Å². The summed E-state index contributed by atoms with van der Waals surface area (Å²) in [6.07, 6.45) is -2.48. The standard InChI is InChI=1S/C28H25F3N4O3S/c29-28(30,31)22-7-2-5-19(17-22)18-4-1-6-21(16-18)27(25-33-14-3-15-35(25)26(32)34-27)20-8-10-23(11-9-20)38-39(36,37)24-12-13-24/h1-2,4-11,16-17,24H,3,12-15H2,(H2,32,34). The summed E-state index contributed by atoms with van der Waals surface area (Å²) in [5.41, 5.74) is 6.80. The Kier molecular flexibility index (Phi) is 5.94. The lowest BCUT2D eigenvalue weighted by molar-refractivity contribution is -0.137. The lowest BCUT2D eigenvalue weighted by Gasteiger charge is -2.33. The number of rotatable bonds is 6. The molecule has 2 aliphatic heterocycles. The van der Waals surface area contributed by atoms with Gasteiger partial charge in [0.25, 0.3) is 0 Å². The van der Waals surface area contributed by atoms with Gasteiger partial charge in [0.1, 0.15) is 11.6 Å². The molecule has 0 spiro atoms. The monoisotopic (exact) mass is 554 g/mol. The largest absolute Gasteiger partial charge is 0.416 e. The molecule has 0 saturated heterocycles. The number of guanidine groups is 1. The number of amidine groups is 1. The molecule has 1 unspecified atom stereocenters. The highest BCUT2D eigenvalue weighted by atomic mass is 32.2. The quantitative estimate of drug-likeness (QED) is 0.437. The van der Waals surface area contributed by atoms with Gasteiger partial charge in [0.2, 0.25) is 0 Å². The predicted octanol–water partition coefficient (Wildman–Crippen LogP) is 4.92. The van der Waals surface area contributed by atoms with E-state index in [4.69, 9.17) is 19.9 Å². The maximum Gasteiger partial charge on any atom is 0.416 e. The first-order valence-corrected chi connectivity index (χ1v) is 14.0. The maximum atomic E-state index is 13.4. The Morgan fingerprint density at radius 3 is 2.33 bits per heavy atom. The van der Waals surface area contributed by atoms with Crippen molar-refractivity contribution in [1.82, 2.24) is 4.90 Å². The van der Waals surface area contributed by atoms with Crippen molar-refractivity contribution >= 4 is 21.9 Å². The second kappa shape index (κ2) is 9.11. The molecule has 11 heteroatoms. The summed E-state index contributed by atoms with van der Waals surface area (Å²) in [6, 6.07) is 18.9. The molecule has 3 aromatic carbocycles. The first-order valence-electron chi connectivity index (χ1n) is 12.6. The van der Waals surface area contributed by atoms with Gasteiger partial charge in [0.15, 0.2) is 11.5 Å². The van der Waals surface area contributed by atoms with Crippen molar-refractivity contribution in [2.75, 3.05) is 13.1 Å². The van der Waals surface area contributed by atoms with Crippen molar-refractivity contribution in [3.63, 3.8) is 0 Å². The van der Waals surface area contributed by atoms with Gasteiger partial charge in [-0.15, -0.1) is 0 Å². The van der Waals surface area contributed by atoms with Gasteiger partial charge in [-0.05, 0) is 71.8 Å². The number of hydrogen-bond donors (Lipinski definition) is 1. The van der Waals surface area contributed by atoms with Crippen molar-refractivity contribution in [1.29, 1.82) is 0 Å². The smallest absolute Gasteiger partial charge is 0.382 e. The van der Waals surface area contributed by atoms with Crippen molar-refractivity contribution in [3.05, 3.63) is 89.5 Å². The van der Waals surface area contributed by atoms with Crippen LogP contribution in [0.3, 0.4) is 0 Å². The zero-order valence-electron chi connectivity index (χ0n) is 20.7. The summed E-state index contributed by atoms with van der Waals surface area (Å²) in [6.45, 7) is 1.20. The van der Waals surface area contributed by atoms with Crippen LogP contribution in [0.2, 0.25) is 0 Å². The fourth-order valence-electron chi connectivity index (χ4n) is 5.08. The molecule has 0 amide bonds. The van der Waals surface area contributed by atoms with Gasteiger partial charge in [0, 0.05) is 13.1 Å². The molecule has 7 nitrogen and oxygen atoms in total. The van der Waals surface area contributed by atoms with Gasteiger partial charge in [-0.3, -0.25) is 9.89 Å². The number of fused-ring (bicyclic) bond motifs is 1. The third kappa shape index (κ3) is 4.54. The number of alkyl halides is 3. The molecule has 39 heavy (non-hydrogen) atoms. The van der Waals surface area contributed by atoms with E-state index in [9.17, 15) is 21.6 Å². The van der Waals surface area contributed by atoms with E-state index in [2.05, 4.69) is 0 Å². The number of aliphatic imine (C=N–C) groups is 2. The highest BCUT2D eigenvalue weighted by molar-refractivity contribution is 7.88. The van der Waals surface area contributed by atoms with Crippen molar-refractivity contribution in [2.24, 2.45) is 15.7 Å². The molecule has 1 fully saturated rings. The summed E-state index contributed by atoms with van der Waals surface area (Å²) >= 11 is 0. The molecule has 6 rings (SSSR count). The maximum absolute atomic E-state index is 13.4. The van der Waals surface area contributed by atoms with E-state index in [-0.39, 0.29) is 11.7 Å². The van der Waals surface area contributed by atoms with Gasteiger partial charge < -0.3 is 9.92 Å². The number of benzene rings is 3. The molecule has 1 aliphatic carbocycles. The minimum atomic E-state index is -4.47. The molecule has 3 aromatic rings.